The lowest BCUT2D eigenvalue weighted by molar-refractivity contribution is 0.360. The molecule has 0 aliphatic carbocycles. The van der Waals surface area contributed by atoms with E-state index in [1.165, 1.54) is 96.3 Å². The van der Waals surface area contributed by atoms with Crippen molar-refractivity contribution in [2.45, 2.75) is 123 Å². The number of unbranched alkanes of at least 4 members (excludes halogenated alkanes) is 10. The van der Waals surface area contributed by atoms with Crippen LogP contribution in [0.1, 0.15) is 117 Å². The third kappa shape index (κ3) is 16.2. The average Bonchev–Trinajstić information content (AvgIpc) is 2.45. The summed E-state index contributed by atoms with van der Waals surface area (Å²) in [7, 11) is 0. The highest BCUT2D eigenvalue weighted by Crippen LogP contribution is 2.23. The van der Waals surface area contributed by atoms with Gasteiger partial charge in [0.25, 0.3) is 0 Å². The van der Waals surface area contributed by atoms with E-state index in [4.69, 9.17) is 5.73 Å². The van der Waals surface area contributed by atoms with Crippen molar-refractivity contribution in [1.82, 2.24) is 0 Å². The summed E-state index contributed by atoms with van der Waals surface area (Å²) in [6, 6.07) is 0.384. The highest BCUT2D eigenvalue weighted by Gasteiger charge is 2.10. The predicted molar refractivity (Wildman–Crippen MR) is 97.7 cm³/mol. The first-order valence-electron chi connectivity index (χ1n) is 9.96. The summed E-state index contributed by atoms with van der Waals surface area (Å²) in [5.74, 6) is 0.891. The quantitative estimate of drug-likeness (QED) is 0.310. The van der Waals surface area contributed by atoms with Crippen molar-refractivity contribution in [3.8, 4) is 0 Å². The molecule has 0 heterocycles. The van der Waals surface area contributed by atoms with Gasteiger partial charge in [0.05, 0.1) is 0 Å². The first-order valence-corrected chi connectivity index (χ1v) is 9.96. The van der Waals surface area contributed by atoms with Crippen LogP contribution in [0, 0.1) is 5.92 Å². The van der Waals surface area contributed by atoms with Gasteiger partial charge in [-0.25, -0.2) is 0 Å². The highest BCUT2D eigenvalue weighted by atomic mass is 14.6. The molecule has 0 radical (unpaired) electrons. The van der Waals surface area contributed by atoms with Crippen molar-refractivity contribution < 1.29 is 0 Å². The van der Waals surface area contributed by atoms with Gasteiger partial charge in [-0.2, -0.15) is 0 Å². The number of nitrogens with two attached hydrogens (primary N) is 1. The van der Waals surface area contributed by atoms with E-state index >= 15 is 0 Å². The lowest BCUT2D eigenvalue weighted by atomic mass is 9.89. The Morgan fingerprint density at radius 1 is 0.619 bits per heavy atom. The fourth-order valence-corrected chi connectivity index (χ4v) is 3.33. The Kier molecular flexibility index (Phi) is 16.3. The summed E-state index contributed by atoms with van der Waals surface area (Å²) >= 11 is 0. The van der Waals surface area contributed by atoms with Crippen molar-refractivity contribution in [2.24, 2.45) is 11.7 Å². The van der Waals surface area contributed by atoms with E-state index < -0.39 is 0 Å². The van der Waals surface area contributed by atoms with Gasteiger partial charge in [-0.15, -0.1) is 0 Å². The third-order valence-electron chi connectivity index (χ3n) is 4.64. The Labute approximate surface area is 135 Å². The molecule has 0 saturated carbocycles. The van der Waals surface area contributed by atoms with Crippen LogP contribution in [0.2, 0.25) is 0 Å². The van der Waals surface area contributed by atoms with E-state index in [1.807, 2.05) is 0 Å². The van der Waals surface area contributed by atoms with E-state index in [0.717, 1.165) is 5.92 Å². The van der Waals surface area contributed by atoms with Gasteiger partial charge in [0.15, 0.2) is 0 Å². The van der Waals surface area contributed by atoms with Crippen LogP contribution in [0.4, 0.5) is 0 Å². The van der Waals surface area contributed by atoms with Gasteiger partial charge in [0.2, 0.25) is 0 Å². The smallest absolute Gasteiger partial charge is 0.00131 e. The Hall–Kier alpha value is -0.0400. The third-order valence-corrected chi connectivity index (χ3v) is 4.64. The summed E-state index contributed by atoms with van der Waals surface area (Å²) in [6.07, 6.45) is 21.1. The largest absolute Gasteiger partial charge is 0.328 e. The van der Waals surface area contributed by atoms with E-state index in [1.54, 1.807) is 0 Å². The number of hydrogen-bond acceptors (Lipinski definition) is 1. The molecule has 0 fully saturated rings. The Balaban J connectivity index is 3.62. The number of rotatable bonds is 16. The molecule has 0 aromatic carbocycles. The maximum Gasteiger partial charge on any atom is 0.00131 e. The van der Waals surface area contributed by atoms with Crippen molar-refractivity contribution >= 4 is 0 Å². The van der Waals surface area contributed by atoms with Gasteiger partial charge in [0.1, 0.15) is 0 Å². The van der Waals surface area contributed by atoms with Crippen LogP contribution >= 0.6 is 0 Å². The lowest BCUT2D eigenvalue weighted by Gasteiger charge is -2.19. The van der Waals surface area contributed by atoms with Gasteiger partial charge < -0.3 is 5.73 Å². The predicted octanol–water partition coefficient (Wildman–Crippen LogP) is 6.84. The van der Waals surface area contributed by atoms with Crippen molar-refractivity contribution in [2.75, 3.05) is 0 Å². The SMILES string of the molecule is CCCCCCCCC(CCCCCCCC)CC(C)N. The Morgan fingerprint density at radius 2 is 1.00 bits per heavy atom. The van der Waals surface area contributed by atoms with E-state index in [0.29, 0.717) is 6.04 Å². The molecule has 128 valence electrons. The minimum absolute atomic E-state index is 0.384. The van der Waals surface area contributed by atoms with Gasteiger partial charge in [0, 0.05) is 6.04 Å². The van der Waals surface area contributed by atoms with Crippen LogP contribution < -0.4 is 5.73 Å². The molecule has 0 saturated heterocycles. The Bertz CT molecular complexity index is 172. The van der Waals surface area contributed by atoms with Gasteiger partial charge in [-0.3, -0.25) is 0 Å². The minimum atomic E-state index is 0.384. The molecule has 0 aromatic heterocycles. The molecule has 1 nitrogen and oxygen atoms in total. The molecule has 0 bridgehead atoms. The summed E-state index contributed by atoms with van der Waals surface area (Å²) in [6.45, 7) is 6.76. The van der Waals surface area contributed by atoms with Gasteiger partial charge >= 0.3 is 0 Å². The molecule has 21 heavy (non-hydrogen) atoms. The summed E-state index contributed by atoms with van der Waals surface area (Å²) in [5.41, 5.74) is 6.03. The molecular weight excluding hydrogens is 254 g/mol. The maximum absolute atomic E-state index is 6.03. The topological polar surface area (TPSA) is 26.0 Å². The fourth-order valence-electron chi connectivity index (χ4n) is 3.33. The fraction of sp³-hybridized carbons (Fsp3) is 1.00. The van der Waals surface area contributed by atoms with Crippen molar-refractivity contribution in [1.29, 1.82) is 0 Å². The van der Waals surface area contributed by atoms with E-state index in [2.05, 4.69) is 20.8 Å². The molecule has 0 aliphatic rings. The van der Waals surface area contributed by atoms with Crippen LogP contribution in [0.25, 0.3) is 0 Å². The number of hydrogen-bond donors (Lipinski definition) is 1. The molecule has 0 aliphatic heterocycles. The van der Waals surface area contributed by atoms with Crippen LogP contribution in [0.3, 0.4) is 0 Å². The minimum Gasteiger partial charge on any atom is -0.328 e. The van der Waals surface area contributed by atoms with Crippen molar-refractivity contribution in [3.05, 3.63) is 0 Å². The maximum atomic E-state index is 6.03. The summed E-state index contributed by atoms with van der Waals surface area (Å²) in [5, 5.41) is 0. The lowest BCUT2D eigenvalue weighted by Crippen LogP contribution is -2.19. The molecule has 0 rings (SSSR count). The van der Waals surface area contributed by atoms with E-state index in [9.17, 15) is 0 Å². The molecule has 1 atom stereocenters. The second kappa shape index (κ2) is 16.3. The second-order valence-corrected chi connectivity index (χ2v) is 7.19. The average molecular weight is 298 g/mol. The molecule has 2 N–H and O–H groups in total. The summed E-state index contributed by atoms with van der Waals surface area (Å²) < 4.78 is 0. The first kappa shape index (κ1) is 21.0. The molecule has 0 aromatic rings. The molecular formula is C20H43N. The second-order valence-electron chi connectivity index (χ2n) is 7.19. The standard InChI is InChI=1S/C20H43N/c1-4-6-8-10-12-14-16-20(18-19(3)21)17-15-13-11-9-7-5-2/h19-20H,4-18,21H2,1-3H3. The summed E-state index contributed by atoms with van der Waals surface area (Å²) in [4.78, 5) is 0. The zero-order valence-corrected chi connectivity index (χ0v) is 15.3. The zero-order chi connectivity index (χ0) is 15.8. The molecule has 1 unspecified atom stereocenters. The van der Waals surface area contributed by atoms with Crippen LogP contribution in [-0.4, -0.2) is 6.04 Å². The van der Waals surface area contributed by atoms with Crippen LogP contribution in [0.5, 0.6) is 0 Å². The normalized spacial score (nSPS) is 13.0. The van der Waals surface area contributed by atoms with E-state index in [-0.39, 0.29) is 0 Å². The van der Waals surface area contributed by atoms with Crippen molar-refractivity contribution in [3.63, 3.8) is 0 Å². The first-order chi connectivity index (χ1) is 10.2. The van der Waals surface area contributed by atoms with Gasteiger partial charge in [-0.1, -0.05) is 104 Å². The Morgan fingerprint density at radius 3 is 1.38 bits per heavy atom. The monoisotopic (exact) mass is 297 g/mol. The van der Waals surface area contributed by atoms with Crippen LogP contribution in [-0.2, 0) is 0 Å². The highest BCUT2D eigenvalue weighted by molar-refractivity contribution is 4.66. The molecule has 1 heteroatoms. The molecule has 0 amide bonds. The molecule has 0 spiro atoms. The van der Waals surface area contributed by atoms with Crippen LogP contribution in [0.15, 0.2) is 0 Å². The zero-order valence-electron chi connectivity index (χ0n) is 15.3. The van der Waals surface area contributed by atoms with Gasteiger partial charge in [-0.05, 0) is 19.3 Å².